The maximum atomic E-state index is 12.1. The lowest BCUT2D eigenvalue weighted by Crippen LogP contribution is -2.09. The first-order chi connectivity index (χ1) is 9.58. The maximum Gasteiger partial charge on any atom is 0.172 e. The summed E-state index contributed by atoms with van der Waals surface area (Å²) in [6.07, 6.45) is 2.97. The minimum Gasteiger partial charge on any atom is -0.294 e. The molecule has 0 radical (unpaired) electrons. The van der Waals surface area contributed by atoms with E-state index in [-0.39, 0.29) is 18.0 Å². The van der Waals surface area contributed by atoms with Gasteiger partial charge < -0.3 is 0 Å². The van der Waals surface area contributed by atoms with E-state index in [0.29, 0.717) is 17.0 Å². The Kier molecular flexibility index (Phi) is 4.41. The van der Waals surface area contributed by atoms with Crippen LogP contribution in [0.5, 0.6) is 0 Å². The van der Waals surface area contributed by atoms with Crippen molar-refractivity contribution in [2.45, 2.75) is 26.2 Å². The van der Waals surface area contributed by atoms with Crippen LogP contribution in [-0.2, 0) is 0 Å². The Bertz CT molecular complexity index is 601. The summed E-state index contributed by atoms with van der Waals surface area (Å²) in [5.74, 6) is 0.0707. The normalized spacial score (nSPS) is 10.6. The molecule has 0 atom stereocenters. The molecule has 0 N–H and O–H groups in total. The molecule has 3 heteroatoms. The molecular weight excluding hydrogens is 250 g/mol. The Labute approximate surface area is 118 Å². The smallest absolute Gasteiger partial charge is 0.172 e. The second-order valence-electron chi connectivity index (χ2n) is 5.04. The lowest BCUT2D eigenvalue weighted by atomic mass is 9.98. The number of hydrogen-bond donors (Lipinski definition) is 0. The highest BCUT2D eigenvalue weighted by molar-refractivity contribution is 6.13. The molecule has 2 rings (SSSR count). The van der Waals surface area contributed by atoms with Crippen LogP contribution in [0, 0.1) is 0 Å². The van der Waals surface area contributed by atoms with E-state index in [1.54, 1.807) is 30.5 Å². The molecule has 1 heterocycles. The molecular formula is C17H17NO2. The van der Waals surface area contributed by atoms with Gasteiger partial charge in [-0.2, -0.15) is 0 Å². The summed E-state index contributed by atoms with van der Waals surface area (Å²) in [7, 11) is 0. The molecule has 0 aliphatic heterocycles. The third kappa shape index (κ3) is 3.38. The predicted octanol–water partition coefficient (Wildman–Crippen LogP) is 3.66. The molecule has 2 aromatic rings. The van der Waals surface area contributed by atoms with E-state index >= 15 is 0 Å². The number of carbonyl (C=O) groups excluding carboxylic acids is 2. The van der Waals surface area contributed by atoms with Crippen molar-refractivity contribution in [2.75, 3.05) is 0 Å². The fraction of sp³-hybridized carbons (Fsp3) is 0.235. The number of benzene rings is 1. The highest BCUT2D eigenvalue weighted by Gasteiger charge is 2.13. The van der Waals surface area contributed by atoms with Gasteiger partial charge in [-0.1, -0.05) is 38.1 Å². The first-order valence-electron chi connectivity index (χ1n) is 6.64. The number of aromatic nitrogens is 1. The number of carbonyl (C=O) groups is 2. The van der Waals surface area contributed by atoms with E-state index in [1.807, 2.05) is 12.1 Å². The van der Waals surface area contributed by atoms with Crippen LogP contribution < -0.4 is 0 Å². The van der Waals surface area contributed by atoms with Crippen molar-refractivity contribution in [1.82, 2.24) is 4.98 Å². The van der Waals surface area contributed by atoms with Gasteiger partial charge in [0.25, 0.3) is 0 Å². The van der Waals surface area contributed by atoms with E-state index < -0.39 is 0 Å². The van der Waals surface area contributed by atoms with Gasteiger partial charge in [-0.15, -0.1) is 0 Å². The van der Waals surface area contributed by atoms with Gasteiger partial charge in [0.15, 0.2) is 11.6 Å². The number of nitrogens with zero attached hydrogens (tertiary/aromatic N) is 1. The summed E-state index contributed by atoms with van der Waals surface area (Å²) in [6.45, 7) is 4.20. The Morgan fingerprint density at radius 1 is 1.00 bits per heavy atom. The standard InChI is InChI=1S/C17H17NO2/c1-12(2)13-5-7-14(8-6-13)16(19)10-17(20)15-4-3-9-18-11-15/h3-9,11-12H,10H2,1-2H3. The summed E-state index contributed by atoms with van der Waals surface area (Å²) in [5.41, 5.74) is 2.23. The molecule has 0 aliphatic rings. The van der Waals surface area contributed by atoms with Crippen molar-refractivity contribution in [1.29, 1.82) is 0 Å². The quantitative estimate of drug-likeness (QED) is 0.613. The van der Waals surface area contributed by atoms with Crippen molar-refractivity contribution < 1.29 is 9.59 Å². The summed E-state index contributed by atoms with van der Waals surface area (Å²) < 4.78 is 0. The summed E-state index contributed by atoms with van der Waals surface area (Å²) in [5, 5.41) is 0. The van der Waals surface area contributed by atoms with Gasteiger partial charge in [-0.3, -0.25) is 14.6 Å². The second-order valence-corrected chi connectivity index (χ2v) is 5.04. The van der Waals surface area contributed by atoms with Crippen molar-refractivity contribution in [3.63, 3.8) is 0 Å². The summed E-state index contributed by atoms with van der Waals surface area (Å²) >= 11 is 0. The monoisotopic (exact) mass is 267 g/mol. The molecule has 102 valence electrons. The van der Waals surface area contributed by atoms with Crippen molar-refractivity contribution in [3.8, 4) is 0 Å². The Morgan fingerprint density at radius 2 is 1.65 bits per heavy atom. The fourth-order valence-electron chi connectivity index (χ4n) is 1.93. The minimum atomic E-state index is -0.198. The highest BCUT2D eigenvalue weighted by atomic mass is 16.1. The molecule has 0 aliphatic carbocycles. The lowest BCUT2D eigenvalue weighted by Gasteiger charge is -2.06. The molecule has 0 unspecified atom stereocenters. The van der Waals surface area contributed by atoms with E-state index in [2.05, 4.69) is 18.8 Å². The van der Waals surface area contributed by atoms with Crippen LogP contribution in [0.4, 0.5) is 0 Å². The van der Waals surface area contributed by atoms with Gasteiger partial charge >= 0.3 is 0 Å². The topological polar surface area (TPSA) is 47.0 Å². The Balaban J connectivity index is 2.07. The average molecular weight is 267 g/mol. The van der Waals surface area contributed by atoms with E-state index in [9.17, 15) is 9.59 Å². The van der Waals surface area contributed by atoms with Crippen LogP contribution in [0.3, 0.4) is 0 Å². The van der Waals surface area contributed by atoms with Crippen molar-refractivity contribution >= 4 is 11.6 Å². The van der Waals surface area contributed by atoms with Crippen LogP contribution in [-0.4, -0.2) is 16.6 Å². The molecule has 0 bridgehead atoms. The first-order valence-corrected chi connectivity index (χ1v) is 6.64. The van der Waals surface area contributed by atoms with Crippen LogP contribution >= 0.6 is 0 Å². The van der Waals surface area contributed by atoms with Crippen LogP contribution in [0.1, 0.15) is 52.5 Å². The van der Waals surface area contributed by atoms with Gasteiger partial charge in [-0.05, 0) is 23.6 Å². The number of pyridine rings is 1. The molecule has 0 saturated carbocycles. The van der Waals surface area contributed by atoms with Gasteiger partial charge in [0.05, 0.1) is 6.42 Å². The molecule has 0 spiro atoms. The molecule has 1 aromatic carbocycles. The number of rotatable bonds is 5. The average Bonchev–Trinajstić information content (AvgIpc) is 2.48. The van der Waals surface area contributed by atoms with Crippen molar-refractivity contribution in [2.24, 2.45) is 0 Å². The van der Waals surface area contributed by atoms with Crippen LogP contribution in [0.15, 0.2) is 48.8 Å². The van der Waals surface area contributed by atoms with Gasteiger partial charge in [0.1, 0.15) is 0 Å². The van der Waals surface area contributed by atoms with Crippen LogP contribution in [0.2, 0.25) is 0 Å². The largest absolute Gasteiger partial charge is 0.294 e. The third-order valence-electron chi connectivity index (χ3n) is 3.20. The second kappa shape index (κ2) is 6.24. The van der Waals surface area contributed by atoms with Gasteiger partial charge in [0.2, 0.25) is 0 Å². The van der Waals surface area contributed by atoms with E-state index in [1.165, 1.54) is 11.8 Å². The molecule has 20 heavy (non-hydrogen) atoms. The number of hydrogen-bond acceptors (Lipinski definition) is 3. The zero-order chi connectivity index (χ0) is 14.5. The van der Waals surface area contributed by atoms with Gasteiger partial charge in [-0.25, -0.2) is 0 Å². The van der Waals surface area contributed by atoms with E-state index in [4.69, 9.17) is 0 Å². The van der Waals surface area contributed by atoms with E-state index in [0.717, 1.165) is 0 Å². The Hall–Kier alpha value is -2.29. The minimum absolute atomic E-state index is 0.118. The van der Waals surface area contributed by atoms with Crippen LogP contribution in [0.25, 0.3) is 0 Å². The molecule has 1 aromatic heterocycles. The zero-order valence-corrected chi connectivity index (χ0v) is 11.7. The fourth-order valence-corrected chi connectivity index (χ4v) is 1.93. The lowest BCUT2D eigenvalue weighted by molar-refractivity contribution is 0.0894. The summed E-state index contributed by atoms with van der Waals surface area (Å²) in [6, 6.07) is 10.8. The SMILES string of the molecule is CC(C)c1ccc(C(=O)CC(=O)c2cccnc2)cc1. The highest BCUT2D eigenvalue weighted by Crippen LogP contribution is 2.16. The summed E-state index contributed by atoms with van der Waals surface area (Å²) in [4.78, 5) is 27.9. The van der Waals surface area contributed by atoms with Gasteiger partial charge in [0, 0.05) is 23.5 Å². The molecule has 3 nitrogen and oxygen atoms in total. The number of ketones is 2. The zero-order valence-electron chi connectivity index (χ0n) is 11.7. The third-order valence-corrected chi connectivity index (χ3v) is 3.20. The maximum absolute atomic E-state index is 12.1. The predicted molar refractivity (Wildman–Crippen MR) is 78.0 cm³/mol. The Morgan fingerprint density at radius 3 is 2.20 bits per heavy atom. The van der Waals surface area contributed by atoms with Crippen molar-refractivity contribution in [3.05, 3.63) is 65.5 Å². The first kappa shape index (κ1) is 14.1. The molecule has 0 saturated heterocycles. The molecule has 0 amide bonds. The number of Topliss-reactive ketones (excluding diaryl/α,β-unsaturated/α-hetero) is 2. The molecule has 0 fully saturated rings.